The Hall–Kier alpha value is -3.19. The van der Waals surface area contributed by atoms with E-state index in [0.29, 0.717) is 11.4 Å². The minimum absolute atomic E-state index is 0.172. The van der Waals surface area contributed by atoms with Crippen molar-refractivity contribution in [2.24, 2.45) is 4.99 Å². The molecule has 0 heterocycles. The van der Waals surface area contributed by atoms with Crippen LogP contribution in [0.3, 0.4) is 0 Å². The van der Waals surface area contributed by atoms with Crippen LogP contribution in [-0.2, 0) is 4.79 Å². The van der Waals surface area contributed by atoms with Gasteiger partial charge in [-0.3, -0.25) is 9.79 Å². The highest BCUT2D eigenvalue weighted by Gasteiger charge is 2.10. The van der Waals surface area contributed by atoms with Crippen LogP contribution in [0.2, 0.25) is 0 Å². The fourth-order valence-corrected chi connectivity index (χ4v) is 2.75. The van der Waals surface area contributed by atoms with Gasteiger partial charge in [0, 0.05) is 12.3 Å². The second-order valence-electron chi connectivity index (χ2n) is 7.04. The van der Waals surface area contributed by atoms with Gasteiger partial charge < -0.3 is 20.3 Å². The number of carboxylic acid groups (broad SMARTS) is 1. The lowest BCUT2D eigenvalue weighted by molar-refractivity contribution is -0.123. The van der Waals surface area contributed by atoms with E-state index in [0.717, 1.165) is 30.5 Å². The van der Waals surface area contributed by atoms with Crippen LogP contribution in [0.15, 0.2) is 47.5 Å². The number of aromatic carboxylic acids is 1. The minimum atomic E-state index is -1.00. The number of benzene rings is 2. The minimum Gasteiger partial charge on any atom is -0.486 e. The summed E-state index contributed by atoms with van der Waals surface area (Å²) in [4.78, 5) is 26.9. The van der Waals surface area contributed by atoms with Gasteiger partial charge in [0.1, 0.15) is 19.0 Å². The third kappa shape index (κ3) is 7.33. The number of unbranched alkanes of at least 4 members (excludes halogenated alkanes) is 1. The summed E-state index contributed by atoms with van der Waals surface area (Å²) in [6, 6.07) is 12.1. The van der Waals surface area contributed by atoms with Crippen molar-refractivity contribution in [3.05, 3.63) is 53.6 Å². The van der Waals surface area contributed by atoms with E-state index < -0.39 is 18.4 Å². The van der Waals surface area contributed by atoms with Gasteiger partial charge in [-0.15, -0.1) is 0 Å². The Balaban J connectivity index is 2.16. The summed E-state index contributed by atoms with van der Waals surface area (Å²) < 4.78 is 5.28. The average molecular weight is 412 g/mol. The maximum atomic E-state index is 11.3. The van der Waals surface area contributed by atoms with E-state index in [1.165, 1.54) is 0 Å². The molecular weight excluding hydrogens is 384 g/mol. The number of Topliss-reactive ketones (excluding diaryl/α,β-unsaturated/α-hetero) is 1. The highest BCUT2D eigenvalue weighted by atomic mass is 16.5. The number of carbonyl (C=O) groups excluding carboxylic acids is 1. The Kier molecular flexibility index (Phi) is 9.03. The van der Waals surface area contributed by atoms with Gasteiger partial charge in [-0.25, -0.2) is 4.79 Å². The first-order valence-corrected chi connectivity index (χ1v) is 9.96. The number of aliphatic hydroxyl groups is 1. The van der Waals surface area contributed by atoms with E-state index >= 15 is 0 Å². The molecule has 0 saturated heterocycles. The molecule has 7 nitrogen and oxygen atoms in total. The zero-order valence-corrected chi connectivity index (χ0v) is 17.3. The molecule has 160 valence electrons. The molecule has 0 aromatic heterocycles. The average Bonchev–Trinajstić information content (AvgIpc) is 2.75. The predicted molar refractivity (Wildman–Crippen MR) is 117 cm³/mol. The molecule has 3 N–H and O–H groups in total. The molecule has 0 saturated carbocycles. The number of nitrogens with one attached hydrogen (secondary N) is 1. The van der Waals surface area contributed by atoms with Crippen LogP contribution in [-0.4, -0.2) is 47.4 Å². The van der Waals surface area contributed by atoms with E-state index in [2.05, 4.69) is 24.2 Å². The van der Waals surface area contributed by atoms with Gasteiger partial charge in [-0.05, 0) is 61.4 Å². The van der Waals surface area contributed by atoms with Gasteiger partial charge in [0.2, 0.25) is 0 Å². The van der Waals surface area contributed by atoms with Crippen LogP contribution in [0, 0.1) is 0 Å². The fourth-order valence-electron chi connectivity index (χ4n) is 2.75. The van der Waals surface area contributed by atoms with E-state index in [-0.39, 0.29) is 18.2 Å². The van der Waals surface area contributed by atoms with Gasteiger partial charge in [-0.1, -0.05) is 19.8 Å². The van der Waals surface area contributed by atoms with E-state index in [1.54, 1.807) is 48.7 Å². The number of nitrogens with zero attached hydrogens (tertiary/aromatic N) is 1. The maximum absolute atomic E-state index is 11.3. The number of ether oxygens (including phenoxy) is 1. The standard InChI is InChI=1S/C23H28N2O5/c1-3-4-5-16(2)25-21-11-8-18(23(28)29)12-22(21)24-13-17-6-9-20(10-7-17)30-15-19(27)14-26/h6-13,16,25-26H,3-5,14-15H2,1-2H3,(H,28,29). The third-order valence-corrected chi connectivity index (χ3v) is 4.45. The molecule has 0 spiro atoms. The molecule has 7 heteroatoms. The van der Waals surface area contributed by atoms with Crippen LogP contribution in [0.5, 0.6) is 5.75 Å². The van der Waals surface area contributed by atoms with Gasteiger partial charge in [0.05, 0.1) is 16.9 Å². The number of carboxylic acids is 1. The summed E-state index contributed by atoms with van der Waals surface area (Å²) in [7, 11) is 0. The first kappa shape index (κ1) is 23.1. The second-order valence-corrected chi connectivity index (χ2v) is 7.04. The van der Waals surface area contributed by atoms with Crippen LogP contribution >= 0.6 is 0 Å². The molecule has 0 aliphatic carbocycles. The molecule has 0 amide bonds. The van der Waals surface area contributed by atoms with E-state index in [4.69, 9.17) is 9.84 Å². The Bertz CT molecular complexity index is 878. The molecule has 30 heavy (non-hydrogen) atoms. The summed E-state index contributed by atoms with van der Waals surface area (Å²) in [5, 5.41) is 21.4. The van der Waals surface area contributed by atoms with Gasteiger partial charge in [0.25, 0.3) is 0 Å². The summed E-state index contributed by atoms with van der Waals surface area (Å²) in [5.41, 5.74) is 2.29. The number of aliphatic imine (C=N–C) groups is 1. The Morgan fingerprint density at radius 1 is 1.20 bits per heavy atom. The topological polar surface area (TPSA) is 108 Å². The molecule has 2 aromatic carbocycles. The van der Waals surface area contributed by atoms with Crippen molar-refractivity contribution < 1.29 is 24.5 Å². The maximum Gasteiger partial charge on any atom is 0.335 e. The molecule has 0 aliphatic rings. The van der Waals surface area contributed by atoms with Crippen molar-refractivity contribution in [3.63, 3.8) is 0 Å². The van der Waals surface area contributed by atoms with Crippen LogP contribution in [0.1, 0.15) is 49.0 Å². The van der Waals surface area contributed by atoms with E-state index in [9.17, 15) is 14.7 Å². The molecule has 1 unspecified atom stereocenters. The lowest BCUT2D eigenvalue weighted by Gasteiger charge is -2.17. The number of hydrogen-bond acceptors (Lipinski definition) is 6. The quantitative estimate of drug-likeness (QED) is 0.454. The van der Waals surface area contributed by atoms with Crippen LogP contribution in [0.25, 0.3) is 0 Å². The Labute approximate surface area is 176 Å². The molecule has 0 aliphatic heterocycles. The number of aliphatic hydroxyl groups excluding tert-OH is 1. The van der Waals surface area contributed by atoms with Crippen molar-refractivity contribution >= 4 is 29.3 Å². The van der Waals surface area contributed by atoms with E-state index in [1.807, 2.05) is 0 Å². The van der Waals surface area contributed by atoms with Crippen molar-refractivity contribution in [2.75, 3.05) is 18.5 Å². The number of rotatable bonds is 12. The molecule has 2 aromatic rings. The smallest absolute Gasteiger partial charge is 0.335 e. The first-order chi connectivity index (χ1) is 14.4. The molecular formula is C23H28N2O5. The molecule has 2 rings (SSSR count). The number of hydrogen-bond donors (Lipinski definition) is 3. The Morgan fingerprint density at radius 2 is 1.93 bits per heavy atom. The highest BCUT2D eigenvalue weighted by Crippen LogP contribution is 2.28. The van der Waals surface area contributed by atoms with Gasteiger partial charge in [-0.2, -0.15) is 0 Å². The van der Waals surface area contributed by atoms with Crippen molar-refractivity contribution in [1.29, 1.82) is 0 Å². The SMILES string of the molecule is CCCCC(C)Nc1ccc(C(=O)O)cc1N=Cc1ccc(OCC(=O)CO)cc1. The first-order valence-electron chi connectivity index (χ1n) is 9.96. The number of anilines is 1. The molecule has 0 radical (unpaired) electrons. The largest absolute Gasteiger partial charge is 0.486 e. The van der Waals surface area contributed by atoms with Crippen LogP contribution < -0.4 is 10.1 Å². The zero-order chi connectivity index (χ0) is 21.9. The molecule has 1 atom stereocenters. The number of carbonyl (C=O) groups is 2. The summed E-state index contributed by atoms with van der Waals surface area (Å²) in [6.45, 7) is 3.50. The van der Waals surface area contributed by atoms with Crippen molar-refractivity contribution in [1.82, 2.24) is 0 Å². The van der Waals surface area contributed by atoms with Gasteiger partial charge >= 0.3 is 5.97 Å². The number of ketones is 1. The monoisotopic (exact) mass is 412 g/mol. The normalized spacial score (nSPS) is 12.0. The summed E-state index contributed by atoms with van der Waals surface area (Å²) >= 11 is 0. The van der Waals surface area contributed by atoms with Crippen LogP contribution in [0.4, 0.5) is 11.4 Å². The van der Waals surface area contributed by atoms with Gasteiger partial charge in [0.15, 0.2) is 5.78 Å². The molecule has 0 bridgehead atoms. The zero-order valence-electron chi connectivity index (χ0n) is 17.3. The summed E-state index contributed by atoms with van der Waals surface area (Å²) in [5.74, 6) is -0.892. The fraction of sp³-hybridized carbons (Fsp3) is 0.348. The molecule has 0 fully saturated rings. The lowest BCUT2D eigenvalue weighted by atomic mass is 10.1. The second kappa shape index (κ2) is 11.7. The Morgan fingerprint density at radius 3 is 2.57 bits per heavy atom. The van der Waals surface area contributed by atoms with Crippen molar-refractivity contribution in [3.8, 4) is 5.75 Å². The predicted octanol–water partition coefficient (Wildman–Crippen LogP) is 4.07. The lowest BCUT2D eigenvalue weighted by Crippen LogP contribution is -2.15. The van der Waals surface area contributed by atoms with Crippen molar-refractivity contribution in [2.45, 2.75) is 39.2 Å². The summed E-state index contributed by atoms with van der Waals surface area (Å²) in [6.07, 6.45) is 4.88. The third-order valence-electron chi connectivity index (χ3n) is 4.45. The highest BCUT2D eigenvalue weighted by molar-refractivity contribution is 5.91.